The maximum atomic E-state index is 12.3. The smallest absolute Gasteiger partial charge is 0.259 e. The normalized spacial score (nSPS) is 12.6. The number of halogens is 1. The van der Waals surface area contributed by atoms with E-state index < -0.39 is 6.04 Å². The molecule has 3 nitrogen and oxygen atoms in total. The predicted molar refractivity (Wildman–Crippen MR) is 73.2 cm³/mol. The van der Waals surface area contributed by atoms with E-state index in [9.17, 15) is 9.59 Å². The van der Waals surface area contributed by atoms with Crippen LogP contribution in [0.25, 0.3) is 10.8 Å². The van der Waals surface area contributed by atoms with Crippen molar-refractivity contribution in [2.75, 3.05) is 0 Å². The molecule has 1 atom stereocenters. The van der Waals surface area contributed by atoms with Gasteiger partial charge in [-0.15, -0.1) is 0 Å². The minimum Gasteiger partial charge on any atom is -0.305 e. The molecule has 0 N–H and O–H groups in total. The fraction of sp³-hybridized carbons (Fsp3) is 0.286. The van der Waals surface area contributed by atoms with Crippen LogP contribution in [0.5, 0.6) is 0 Å². The Hall–Kier alpha value is -1.61. The van der Waals surface area contributed by atoms with Gasteiger partial charge in [-0.25, -0.2) is 0 Å². The van der Waals surface area contributed by atoms with E-state index in [1.165, 1.54) is 11.5 Å². The third-order valence-corrected chi connectivity index (χ3v) is 3.32. The van der Waals surface area contributed by atoms with Crippen LogP contribution in [0, 0.1) is 0 Å². The largest absolute Gasteiger partial charge is 0.305 e. The standard InChI is InChI=1S/C14H14ClNO2/c1-3-13(9(2)17)16-7-6-10-4-5-11(15)8-12(10)14(16)18/h4-8,13H,3H2,1-2H3/t13-/m0/s1. The lowest BCUT2D eigenvalue weighted by atomic mass is 10.1. The first-order chi connectivity index (χ1) is 8.54. The first-order valence-electron chi connectivity index (χ1n) is 5.85. The zero-order chi connectivity index (χ0) is 13.3. The number of ketones is 1. The zero-order valence-corrected chi connectivity index (χ0v) is 11.1. The number of Topliss-reactive ketones (excluding diaryl/α,β-unsaturated/α-hetero) is 1. The molecule has 1 heterocycles. The molecule has 0 unspecified atom stereocenters. The molecule has 0 fully saturated rings. The molecule has 0 aliphatic rings. The van der Waals surface area contributed by atoms with Crippen molar-refractivity contribution in [3.8, 4) is 0 Å². The Labute approximate surface area is 110 Å². The maximum Gasteiger partial charge on any atom is 0.259 e. The number of aromatic nitrogens is 1. The summed E-state index contributed by atoms with van der Waals surface area (Å²) in [5.41, 5.74) is -0.169. The van der Waals surface area contributed by atoms with Crippen molar-refractivity contribution in [2.45, 2.75) is 26.3 Å². The highest BCUT2D eigenvalue weighted by molar-refractivity contribution is 6.31. The van der Waals surface area contributed by atoms with Gasteiger partial charge in [0.05, 0.1) is 6.04 Å². The third kappa shape index (κ3) is 2.18. The average Bonchev–Trinajstić information content (AvgIpc) is 2.33. The molecule has 18 heavy (non-hydrogen) atoms. The SMILES string of the molecule is CC[C@@H](C(C)=O)n1ccc2ccc(Cl)cc2c1=O. The van der Waals surface area contributed by atoms with Gasteiger partial charge in [0.15, 0.2) is 5.78 Å². The van der Waals surface area contributed by atoms with Gasteiger partial charge in [0, 0.05) is 16.6 Å². The number of carbonyl (C=O) groups excluding carboxylic acids is 1. The number of hydrogen-bond acceptors (Lipinski definition) is 2. The monoisotopic (exact) mass is 263 g/mol. The quantitative estimate of drug-likeness (QED) is 0.853. The fourth-order valence-corrected chi connectivity index (χ4v) is 2.32. The van der Waals surface area contributed by atoms with Crippen LogP contribution in [-0.2, 0) is 4.79 Å². The van der Waals surface area contributed by atoms with Crippen LogP contribution < -0.4 is 5.56 Å². The topological polar surface area (TPSA) is 39.1 Å². The molecular formula is C14H14ClNO2. The molecule has 1 aromatic heterocycles. The molecular weight excluding hydrogens is 250 g/mol. The molecule has 2 rings (SSSR count). The van der Waals surface area contributed by atoms with Gasteiger partial charge in [0.2, 0.25) is 0 Å². The highest BCUT2D eigenvalue weighted by atomic mass is 35.5. The summed E-state index contributed by atoms with van der Waals surface area (Å²) in [6.07, 6.45) is 2.27. The fourth-order valence-electron chi connectivity index (χ4n) is 2.15. The van der Waals surface area contributed by atoms with Crippen LogP contribution in [0.4, 0.5) is 0 Å². The summed E-state index contributed by atoms with van der Waals surface area (Å²) >= 11 is 5.90. The Morgan fingerprint density at radius 1 is 1.39 bits per heavy atom. The van der Waals surface area contributed by atoms with E-state index in [0.29, 0.717) is 16.8 Å². The van der Waals surface area contributed by atoms with Crippen molar-refractivity contribution in [1.82, 2.24) is 4.57 Å². The molecule has 2 aromatic rings. The molecule has 0 spiro atoms. The summed E-state index contributed by atoms with van der Waals surface area (Å²) in [5.74, 6) is -0.0130. The molecule has 0 bridgehead atoms. The van der Waals surface area contributed by atoms with Crippen molar-refractivity contribution >= 4 is 28.2 Å². The number of carbonyl (C=O) groups is 1. The van der Waals surface area contributed by atoms with Crippen LogP contribution in [0.1, 0.15) is 26.3 Å². The number of benzene rings is 1. The van der Waals surface area contributed by atoms with E-state index in [0.717, 1.165) is 5.39 Å². The minimum absolute atomic E-state index is 0.0130. The van der Waals surface area contributed by atoms with Crippen molar-refractivity contribution < 1.29 is 4.79 Å². The van der Waals surface area contributed by atoms with Crippen molar-refractivity contribution in [2.24, 2.45) is 0 Å². The Bertz CT molecular complexity index is 660. The molecule has 0 amide bonds. The predicted octanol–water partition coefficient (Wildman–Crippen LogP) is 3.20. The van der Waals surface area contributed by atoms with Gasteiger partial charge in [-0.2, -0.15) is 0 Å². The Morgan fingerprint density at radius 3 is 2.72 bits per heavy atom. The zero-order valence-electron chi connectivity index (χ0n) is 10.3. The van der Waals surface area contributed by atoms with Crippen LogP contribution in [0.15, 0.2) is 35.3 Å². The van der Waals surface area contributed by atoms with Crippen molar-refractivity contribution in [1.29, 1.82) is 0 Å². The number of pyridine rings is 1. The lowest BCUT2D eigenvalue weighted by Gasteiger charge is -2.15. The van der Waals surface area contributed by atoms with Crippen LogP contribution in [0.3, 0.4) is 0 Å². The molecule has 0 aliphatic carbocycles. The molecule has 0 aliphatic heterocycles. The first-order valence-corrected chi connectivity index (χ1v) is 6.23. The van der Waals surface area contributed by atoms with E-state index in [2.05, 4.69) is 0 Å². The summed E-state index contributed by atoms with van der Waals surface area (Å²) in [6.45, 7) is 3.39. The van der Waals surface area contributed by atoms with Gasteiger partial charge in [-0.3, -0.25) is 9.59 Å². The summed E-state index contributed by atoms with van der Waals surface area (Å²) < 4.78 is 1.49. The molecule has 0 saturated heterocycles. The summed E-state index contributed by atoms with van der Waals surface area (Å²) in [5, 5.41) is 1.90. The molecule has 94 valence electrons. The highest BCUT2D eigenvalue weighted by Gasteiger charge is 2.16. The minimum atomic E-state index is -0.402. The van der Waals surface area contributed by atoms with Gasteiger partial charge in [-0.1, -0.05) is 24.6 Å². The second-order valence-electron chi connectivity index (χ2n) is 4.29. The van der Waals surface area contributed by atoms with Gasteiger partial charge >= 0.3 is 0 Å². The molecule has 0 saturated carbocycles. The van der Waals surface area contributed by atoms with Crippen LogP contribution >= 0.6 is 11.6 Å². The van der Waals surface area contributed by atoms with Gasteiger partial charge in [0.25, 0.3) is 5.56 Å². The molecule has 1 aromatic carbocycles. The van der Waals surface area contributed by atoms with Crippen molar-refractivity contribution in [3.63, 3.8) is 0 Å². The van der Waals surface area contributed by atoms with Gasteiger partial charge < -0.3 is 4.57 Å². The Kier molecular flexibility index (Phi) is 3.53. The second-order valence-corrected chi connectivity index (χ2v) is 4.73. The first kappa shape index (κ1) is 12.8. The van der Waals surface area contributed by atoms with Crippen LogP contribution in [-0.4, -0.2) is 10.4 Å². The van der Waals surface area contributed by atoms with E-state index in [4.69, 9.17) is 11.6 Å². The lowest BCUT2D eigenvalue weighted by molar-refractivity contribution is -0.120. The van der Waals surface area contributed by atoms with E-state index in [1.807, 2.05) is 13.0 Å². The van der Waals surface area contributed by atoms with Crippen LogP contribution in [0.2, 0.25) is 5.02 Å². The van der Waals surface area contributed by atoms with Gasteiger partial charge in [0.1, 0.15) is 0 Å². The number of rotatable bonds is 3. The lowest BCUT2D eigenvalue weighted by Crippen LogP contribution is -2.28. The Balaban J connectivity index is 2.71. The van der Waals surface area contributed by atoms with E-state index in [-0.39, 0.29) is 11.3 Å². The summed E-state index contributed by atoms with van der Waals surface area (Å²) in [7, 11) is 0. The second kappa shape index (κ2) is 4.94. The summed E-state index contributed by atoms with van der Waals surface area (Å²) in [4.78, 5) is 23.9. The third-order valence-electron chi connectivity index (χ3n) is 3.09. The average molecular weight is 264 g/mol. The Morgan fingerprint density at radius 2 is 2.11 bits per heavy atom. The van der Waals surface area contributed by atoms with E-state index >= 15 is 0 Å². The van der Waals surface area contributed by atoms with Crippen molar-refractivity contribution in [3.05, 3.63) is 45.8 Å². The molecule has 0 radical (unpaired) electrons. The van der Waals surface area contributed by atoms with Gasteiger partial charge in [-0.05, 0) is 36.9 Å². The highest BCUT2D eigenvalue weighted by Crippen LogP contribution is 2.18. The van der Waals surface area contributed by atoms with E-state index in [1.54, 1.807) is 24.4 Å². The number of fused-ring (bicyclic) bond motifs is 1. The number of nitrogens with zero attached hydrogens (tertiary/aromatic N) is 1. The maximum absolute atomic E-state index is 12.3. The number of hydrogen-bond donors (Lipinski definition) is 0. The molecule has 4 heteroatoms. The summed E-state index contributed by atoms with van der Waals surface area (Å²) in [6, 6.07) is 6.62.